The Hall–Kier alpha value is -2.57. The maximum absolute atomic E-state index is 13.6. The van der Waals surface area contributed by atoms with Crippen LogP contribution in [0.5, 0.6) is 0 Å². The van der Waals surface area contributed by atoms with Gasteiger partial charge < -0.3 is 20.3 Å². The molecule has 4 fully saturated rings. The second kappa shape index (κ2) is 7.78. The van der Waals surface area contributed by atoms with Gasteiger partial charge in [0.25, 0.3) is 5.91 Å². The summed E-state index contributed by atoms with van der Waals surface area (Å²) in [6.45, 7) is 5.67. The van der Waals surface area contributed by atoms with Gasteiger partial charge in [-0.25, -0.2) is 0 Å². The number of anilines is 1. The maximum Gasteiger partial charge on any atom is 0.309 e. The molecule has 2 N–H and O–H groups in total. The molecule has 2 amide bonds. The molecule has 32 heavy (non-hydrogen) atoms. The van der Waals surface area contributed by atoms with Crippen molar-refractivity contribution >= 4 is 23.5 Å². The molecule has 172 valence electrons. The summed E-state index contributed by atoms with van der Waals surface area (Å²) in [5.41, 5.74) is 0.917. The fourth-order valence-corrected chi connectivity index (χ4v) is 6.64. The minimum absolute atomic E-state index is 0.0283. The SMILES string of the molecule is CCOC(=O)C1CCN(C(=O)[C@@H]2C[C@H]3CC[C@]2(C)C[C@]32NC(=O)c3ccccc3N2)CC1. The highest BCUT2D eigenvalue weighted by molar-refractivity contribution is 6.02. The smallest absolute Gasteiger partial charge is 0.309 e. The molecule has 0 unspecified atom stereocenters. The van der Waals surface area contributed by atoms with Crippen LogP contribution in [0, 0.1) is 23.2 Å². The van der Waals surface area contributed by atoms with Gasteiger partial charge in [0.1, 0.15) is 5.66 Å². The molecule has 1 aromatic carbocycles. The fourth-order valence-electron chi connectivity index (χ4n) is 6.64. The standard InChI is InChI=1S/C25H33N3O4/c1-3-32-23(31)16-9-12-28(13-10-16)22(30)19-14-17-8-11-24(19,2)15-25(17)26-20-7-5-4-6-18(20)21(29)27-25/h4-7,16-17,19,26H,3,8-15H2,1-2H3,(H,27,29)/t17-,19+,24-,25+/m1/s1. The first kappa shape index (κ1) is 21.3. The van der Waals surface area contributed by atoms with Crippen molar-refractivity contribution in [2.24, 2.45) is 23.2 Å². The second-order valence-electron chi connectivity index (χ2n) is 10.3. The molecule has 2 bridgehead atoms. The first-order valence-corrected chi connectivity index (χ1v) is 12.0. The number of piperidine rings is 1. The number of carbonyl (C=O) groups is 3. The third-order valence-electron chi connectivity index (χ3n) is 8.40. The van der Waals surface area contributed by atoms with E-state index < -0.39 is 5.66 Å². The van der Waals surface area contributed by atoms with E-state index in [1.807, 2.05) is 36.1 Å². The number of para-hydroxylation sites is 1. The molecule has 2 heterocycles. The van der Waals surface area contributed by atoms with E-state index in [2.05, 4.69) is 17.6 Å². The first-order valence-electron chi connectivity index (χ1n) is 12.0. The van der Waals surface area contributed by atoms with E-state index in [0.29, 0.717) is 38.1 Å². The van der Waals surface area contributed by atoms with Gasteiger partial charge in [-0.05, 0) is 63.0 Å². The van der Waals surface area contributed by atoms with Crippen LogP contribution < -0.4 is 10.6 Å². The van der Waals surface area contributed by atoms with Gasteiger partial charge in [-0.2, -0.15) is 0 Å². The summed E-state index contributed by atoms with van der Waals surface area (Å²) >= 11 is 0. The predicted octanol–water partition coefficient (Wildman–Crippen LogP) is 3.17. The molecule has 4 atom stereocenters. The van der Waals surface area contributed by atoms with Crippen molar-refractivity contribution < 1.29 is 19.1 Å². The molecule has 1 saturated heterocycles. The quantitative estimate of drug-likeness (QED) is 0.707. The van der Waals surface area contributed by atoms with Crippen LogP contribution in [0.15, 0.2) is 24.3 Å². The molecule has 7 nitrogen and oxygen atoms in total. The van der Waals surface area contributed by atoms with Gasteiger partial charge in [-0.1, -0.05) is 19.1 Å². The fraction of sp³-hybridized carbons (Fsp3) is 0.640. The number of ether oxygens (including phenoxy) is 1. The normalized spacial score (nSPS) is 33.9. The third-order valence-corrected chi connectivity index (χ3v) is 8.40. The Bertz CT molecular complexity index is 941. The van der Waals surface area contributed by atoms with Crippen molar-refractivity contribution in [3.63, 3.8) is 0 Å². The summed E-state index contributed by atoms with van der Waals surface area (Å²) in [6, 6.07) is 7.65. The van der Waals surface area contributed by atoms with E-state index in [-0.39, 0.29) is 41.0 Å². The highest BCUT2D eigenvalue weighted by Crippen LogP contribution is 2.58. The first-order chi connectivity index (χ1) is 15.3. The van der Waals surface area contributed by atoms with Crippen molar-refractivity contribution in [2.45, 2.75) is 58.0 Å². The number of rotatable bonds is 3. The number of nitrogens with one attached hydrogen (secondary N) is 2. The largest absolute Gasteiger partial charge is 0.466 e. The van der Waals surface area contributed by atoms with Gasteiger partial charge in [0.15, 0.2) is 0 Å². The van der Waals surface area contributed by atoms with E-state index in [4.69, 9.17) is 4.74 Å². The summed E-state index contributed by atoms with van der Waals surface area (Å²) in [4.78, 5) is 40.5. The molecule has 1 aromatic rings. The van der Waals surface area contributed by atoms with E-state index in [9.17, 15) is 14.4 Å². The molecule has 0 radical (unpaired) electrons. The van der Waals surface area contributed by atoms with Gasteiger partial charge in [0, 0.05) is 30.6 Å². The molecule has 6 rings (SSSR count). The average molecular weight is 440 g/mol. The molecule has 3 aliphatic carbocycles. The molecule has 2 aliphatic heterocycles. The van der Waals surface area contributed by atoms with E-state index in [1.165, 1.54) is 0 Å². The maximum atomic E-state index is 13.6. The number of fused-ring (bicyclic) bond motifs is 3. The molecule has 1 spiro atoms. The number of amides is 2. The van der Waals surface area contributed by atoms with Crippen molar-refractivity contribution in [1.29, 1.82) is 0 Å². The van der Waals surface area contributed by atoms with Crippen LogP contribution >= 0.6 is 0 Å². The average Bonchev–Trinajstić information content (AvgIpc) is 2.78. The monoisotopic (exact) mass is 439 g/mol. The summed E-state index contributed by atoms with van der Waals surface area (Å²) in [5.74, 6) is 0.137. The van der Waals surface area contributed by atoms with Gasteiger partial charge in [0.2, 0.25) is 5.91 Å². The van der Waals surface area contributed by atoms with E-state index in [1.54, 1.807) is 0 Å². The summed E-state index contributed by atoms with van der Waals surface area (Å²) in [5, 5.41) is 6.95. The van der Waals surface area contributed by atoms with Gasteiger partial charge >= 0.3 is 5.97 Å². The number of benzene rings is 1. The molecule has 3 saturated carbocycles. The zero-order valence-electron chi connectivity index (χ0n) is 19.0. The van der Waals surface area contributed by atoms with Gasteiger partial charge in [-0.3, -0.25) is 14.4 Å². The zero-order valence-corrected chi connectivity index (χ0v) is 19.0. The van der Waals surface area contributed by atoms with Crippen LogP contribution in [0.1, 0.15) is 62.7 Å². The Balaban J connectivity index is 1.30. The topological polar surface area (TPSA) is 87.7 Å². The molecular formula is C25H33N3O4. The van der Waals surface area contributed by atoms with Crippen LogP contribution in [0.25, 0.3) is 0 Å². The minimum Gasteiger partial charge on any atom is -0.466 e. The number of esters is 1. The van der Waals surface area contributed by atoms with Crippen LogP contribution in [0.3, 0.4) is 0 Å². The van der Waals surface area contributed by atoms with Crippen molar-refractivity contribution in [2.75, 3.05) is 25.0 Å². The zero-order chi connectivity index (χ0) is 22.5. The summed E-state index contributed by atoms with van der Waals surface area (Å²) < 4.78 is 5.16. The molecular weight excluding hydrogens is 406 g/mol. The number of likely N-dealkylation sites (tertiary alicyclic amines) is 1. The Morgan fingerprint density at radius 2 is 1.91 bits per heavy atom. The lowest BCUT2D eigenvalue weighted by molar-refractivity contribution is -0.156. The van der Waals surface area contributed by atoms with Gasteiger partial charge in [-0.15, -0.1) is 0 Å². The van der Waals surface area contributed by atoms with Crippen molar-refractivity contribution in [3.8, 4) is 0 Å². The van der Waals surface area contributed by atoms with Crippen molar-refractivity contribution in [1.82, 2.24) is 10.2 Å². The van der Waals surface area contributed by atoms with E-state index in [0.717, 1.165) is 31.4 Å². The Kier molecular flexibility index (Phi) is 5.18. The van der Waals surface area contributed by atoms with Crippen molar-refractivity contribution in [3.05, 3.63) is 29.8 Å². The number of nitrogens with zero attached hydrogens (tertiary/aromatic N) is 1. The van der Waals surface area contributed by atoms with Crippen LogP contribution in [-0.2, 0) is 14.3 Å². The minimum atomic E-state index is -0.480. The highest BCUT2D eigenvalue weighted by atomic mass is 16.5. The molecule has 7 heteroatoms. The lowest BCUT2D eigenvalue weighted by Gasteiger charge is -2.61. The van der Waals surface area contributed by atoms with Crippen LogP contribution in [0.4, 0.5) is 5.69 Å². The Labute approximate surface area is 189 Å². The van der Waals surface area contributed by atoms with Crippen LogP contribution in [0.2, 0.25) is 0 Å². The highest BCUT2D eigenvalue weighted by Gasteiger charge is 2.60. The van der Waals surface area contributed by atoms with E-state index >= 15 is 0 Å². The summed E-state index contributed by atoms with van der Waals surface area (Å²) in [7, 11) is 0. The molecule has 5 aliphatic rings. The number of hydrogen-bond donors (Lipinski definition) is 2. The third kappa shape index (κ3) is 3.37. The lowest BCUT2D eigenvalue weighted by atomic mass is 9.51. The predicted molar refractivity (Wildman–Crippen MR) is 120 cm³/mol. The van der Waals surface area contributed by atoms with Crippen LogP contribution in [-0.4, -0.2) is 48.0 Å². The Morgan fingerprint density at radius 3 is 2.62 bits per heavy atom. The number of carbonyl (C=O) groups excluding carboxylic acids is 3. The second-order valence-corrected chi connectivity index (χ2v) is 10.3. The van der Waals surface area contributed by atoms with Gasteiger partial charge in [0.05, 0.1) is 18.1 Å². The lowest BCUT2D eigenvalue weighted by Crippen LogP contribution is -2.70. The Morgan fingerprint density at radius 1 is 1.16 bits per heavy atom. The summed E-state index contributed by atoms with van der Waals surface area (Å²) in [6.07, 6.45) is 4.88. The number of hydrogen-bond acceptors (Lipinski definition) is 5. The molecule has 0 aromatic heterocycles.